The van der Waals surface area contributed by atoms with Crippen molar-refractivity contribution in [2.75, 3.05) is 11.4 Å². The summed E-state index contributed by atoms with van der Waals surface area (Å²) in [5.74, 6) is 0.896. The predicted octanol–water partition coefficient (Wildman–Crippen LogP) is 2.23. The normalized spacial score (nSPS) is 12.2. The maximum Gasteiger partial charge on any atom is 0.133 e. The number of rotatable bonds is 5. The van der Waals surface area contributed by atoms with E-state index in [0.29, 0.717) is 19.0 Å². The summed E-state index contributed by atoms with van der Waals surface area (Å²) in [6, 6.07) is 6.31. The van der Waals surface area contributed by atoms with E-state index < -0.39 is 0 Å². The quantitative estimate of drug-likeness (QED) is 0.845. The van der Waals surface area contributed by atoms with Gasteiger partial charge in [0.2, 0.25) is 0 Å². The average molecular weight is 232 g/mol. The second-order valence-electron chi connectivity index (χ2n) is 4.40. The number of pyridine rings is 1. The molecule has 0 amide bonds. The van der Waals surface area contributed by atoms with Crippen LogP contribution < -0.4 is 10.6 Å². The predicted molar refractivity (Wildman–Crippen MR) is 69.6 cm³/mol. The van der Waals surface area contributed by atoms with Gasteiger partial charge in [0.1, 0.15) is 5.82 Å². The van der Waals surface area contributed by atoms with E-state index in [9.17, 15) is 0 Å². The summed E-state index contributed by atoms with van der Waals surface area (Å²) >= 11 is 0. The first-order valence-electron chi connectivity index (χ1n) is 5.92. The lowest BCUT2D eigenvalue weighted by Gasteiger charge is -2.29. The molecule has 0 spiro atoms. The van der Waals surface area contributed by atoms with Crippen molar-refractivity contribution in [2.45, 2.75) is 39.3 Å². The number of hydrogen-bond acceptors (Lipinski definition) is 4. The van der Waals surface area contributed by atoms with Crippen molar-refractivity contribution < 1.29 is 0 Å². The van der Waals surface area contributed by atoms with Crippen molar-refractivity contribution >= 4 is 5.82 Å². The number of nitrogens with two attached hydrogens (primary N) is 1. The Balaban J connectivity index is 3.05. The second-order valence-corrected chi connectivity index (χ2v) is 4.40. The molecule has 1 rings (SSSR count). The van der Waals surface area contributed by atoms with Gasteiger partial charge in [-0.05, 0) is 26.8 Å². The van der Waals surface area contributed by atoms with E-state index in [4.69, 9.17) is 11.0 Å². The Hall–Kier alpha value is -1.60. The molecule has 0 fully saturated rings. The molecule has 1 aromatic rings. The van der Waals surface area contributed by atoms with Crippen LogP contribution in [0.15, 0.2) is 18.3 Å². The summed E-state index contributed by atoms with van der Waals surface area (Å²) in [7, 11) is 0. The fourth-order valence-electron chi connectivity index (χ4n) is 1.78. The number of anilines is 1. The van der Waals surface area contributed by atoms with Gasteiger partial charge in [0.05, 0.1) is 12.5 Å². The summed E-state index contributed by atoms with van der Waals surface area (Å²) in [6.45, 7) is 6.82. The van der Waals surface area contributed by atoms with Gasteiger partial charge in [0.15, 0.2) is 0 Å². The van der Waals surface area contributed by atoms with Crippen molar-refractivity contribution in [3.63, 3.8) is 0 Å². The van der Waals surface area contributed by atoms with E-state index in [-0.39, 0.29) is 6.04 Å². The molecule has 4 nitrogen and oxygen atoms in total. The summed E-state index contributed by atoms with van der Waals surface area (Å²) in [5.41, 5.74) is 6.98. The number of nitrogens with zero attached hydrogens (tertiary/aromatic N) is 3. The van der Waals surface area contributed by atoms with Crippen LogP contribution in [-0.4, -0.2) is 17.6 Å². The van der Waals surface area contributed by atoms with Crippen LogP contribution in [0.2, 0.25) is 0 Å². The third-order valence-electron chi connectivity index (χ3n) is 2.67. The largest absolute Gasteiger partial charge is 0.353 e. The molecule has 0 aromatic carbocycles. The zero-order valence-corrected chi connectivity index (χ0v) is 10.7. The Morgan fingerprint density at radius 2 is 2.18 bits per heavy atom. The zero-order valence-electron chi connectivity index (χ0n) is 10.7. The van der Waals surface area contributed by atoms with Gasteiger partial charge >= 0.3 is 0 Å². The molecule has 0 aliphatic heterocycles. The Kier molecular flexibility index (Phi) is 4.92. The van der Waals surface area contributed by atoms with Crippen molar-refractivity contribution in [3.8, 4) is 6.07 Å². The Bertz CT molecular complexity index is 393. The molecule has 0 aliphatic rings. The molecule has 1 aromatic heterocycles. The monoisotopic (exact) mass is 232 g/mol. The number of nitriles is 1. The Labute approximate surface area is 103 Å². The fraction of sp³-hybridized carbons (Fsp3) is 0.538. The summed E-state index contributed by atoms with van der Waals surface area (Å²) in [6.07, 6.45) is 2.26. The molecule has 4 heteroatoms. The van der Waals surface area contributed by atoms with E-state index >= 15 is 0 Å². The van der Waals surface area contributed by atoms with Crippen molar-refractivity contribution in [1.29, 1.82) is 5.26 Å². The molecule has 1 heterocycles. The van der Waals surface area contributed by atoms with Crippen molar-refractivity contribution in [3.05, 3.63) is 23.9 Å². The van der Waals surface area contributed by atoms with Crippen LogP contribution in [-0.2, 0) is 0 Å². The van der Waals surface area contributed by atoms with Crippen LogP contribution in [0.4, 0.5) is 5.82 Å². The van der Waals surface area contributed by atoms with Crippen molar-refractivity contribution in [2.24, 2.45) is 5.73 Å². The maximum atomic E-state index is 8.70. The number of aromatic nitrogens is 1. The second kappa shape index (κ2) is 6.21. The molecule has 17 heavy (non-hydrogen) atoms. The lowest BCUT2D eigenvalue weighted by molar-refractivity contribution is 0.665. The van der Waals surface area contributed by atoms with E-state index in [1.54, 1.807) is 6.20 Å². The van der Waals surface area contributed by atoms with Gasteiger partial charge < -0.3 is 10.6 Å². The first-order valence-corrected chi connectivity index (χ1v) is 5.92. The minimum Gasteiger partial charge on any atom is -0.353 e. The first kappa shape index (κ1) is 13.5. The minimum absolute atomic E-state index is 0.0537. The van der Waals surface area contributed by atoms with Gasteiger partial charge in [-0.25, -0.2) is 4.98 Å². The third-order valence-corrected chi connectivity index (χ3v) is 2.67. The van der Waals surface area contributed by atoms with Crippen LogP contribution in [0.3, 0.4) is 0 Å². The van der Waals surface area contributed by atoms with Crippen LogP contribution in [0.5, 0.6) is 0 Å². The molecule has 1 atom stereocenters. The Morgan fingerprint density at radius 1 is 1.47 bits per heavy atom. The fourth-order valence-corrected chi connectivity index (χ4v) is 1.78. The molecular weight excluding hydrogens is 212 g/mol. The molecular formula is C13H20N4. The molecule has 0 bridgehead atoms. The number of hydrogen-bond donors (Lipinski definition) is 1. The average Bonchev–Trinajstić information content (AvgIpc) is 2.29. The molecule has 2 N–H and O–H groups in total. The highest BCUT2D eigenvalue weighted by atomic mass is 15.2. The molecule has 0 saturated heterocycles. The summed E-state index contributed by atoms with van der Waals surface area (Å²) in [4.78, 5) is 6.54. The highest BCUT2D eigenvalue weighted by molar-refractivity contribution is 5.49. The summed E-state index contributed by atoms with van der Waals surface area (Å²) in [5, 5.41) is 8.70. The topological polar surface area (TPSA) is 65.9 Å². The van der Waals surface area contributed by atoms with Crippen LogP contribution in [0, 0.1) is 11.3 Å². The molecule has 92 valence electrons. The maximum absolute atomic E-state index is 8.70. The van der Waals surface area contributed by atoms with Gasteiger partial charge in [-0.2, -0.15) is 5.26 Å². The zero-order chi connectivity index (χ0) is 12.8. The smallest absolute Gasteiger partial charge is 0.133 e. The summed E-state index contributed by atoms with van der Waals surface area (Å²) < 4.78 is 0. The SMILES string of the molecule is CC(N)c1cccnc1N(CCC#N)C(C)C. The standard InChI is InChI=1S/C13H20N4/c1-10(2)17(9-5-7-14)13-12(11(3)15)6-4-8-16-13/h4,6,8,10-11H,5,9,15H2,1-3H3. The van der Waals surface area contributed by atoms with Crippen LogP contribution in [0.1, 0.15) is 38.8 Å². The van der Waals surface area contributed by atoms with E-state index in [1.165, 1.54) is 0 Å². The van der Waals surface area contributed by atoms with Gasteiger partial charge in [-0.3, -0.25) is 0 Å². The highest BCUT2D eigenvalue weighted by Gasteiger charge is 2.16. The molecule has 0 saturated carbocycles. The molecule has 1 unspecified atom stereocenters. The van der Waals surface area contributed by atoms with Gasteiger partial charge in [-0.1, -0.05) is 6.07 Å². The third kappa shape index (κ3) is 3.43. The lowest BCUT2D eigenvalue weighted by atomic mass is 10.1. The van der Waals surface area contributed by atoms with Crippen LogP contribution >= 0.6 is 0 Å². The minimum atomic E-state index is -0.0537. The van der Waals surface area contributed by atoms with Gasteiger partial charge in [0.25, 0.3) is 0 Å². The first-order chi connectivity index (χ1) is 8.07. The van der Waals surface area contributed by atoms with E-state index in [2.05, 4.69) is 29.8 Å². The Morgan fingerprint density at radius 3 is 2.71 bits per heavy atom. The lowest BCUT2D eigenvalue weighted by Crippen LogP contribution is -2.33. The van der Waals surface area contributed by atoms with E-state index in [0.717, 1.165) is 11.4 Å². The molecule has 0 aliphatic carbocycles. The molecule has 0 radical (unpaired) electrons. The van der Waals surface area contributed by atoms with Crippen molar-refractivity contribution in [1.82, 2.24) is 4.98 Å². The van der Waals surface area contributed by atoms with E-state index in [1.807, 2.05) is 19.1 Å². The van der Waals surface area contributed by atoms with Gasteiger partial charge in [-0.15, -0.1) is 0 Å². The highest BCUT2D eigenvalue weighted by Crippen LogP contribution is 2.24. The van der Waals surface area contributed by atoms with Gasteiger partial charge in [0, 0.05) is 30.4 Å². The van der Waals surface area contributed by atoms with Crippen LogP contribution in [0.25, 0.3) is 0 Å².